The fraction of sp³-hybridized carbons (Fsp3) is 0.429. The number of amides is 1. The van der Waals surface area contributed by atoms with Gasteiger partial charge in [0.15, 0.2) is 5.70 Å². The minimum atomic E-state index is -1.14. The molecule has 1 aromatic carbocycles. The van der Waals surface area contributed by atoms with Crippen LogP contribution in [-0.4, -0.2) is 76.7 Å². The van der Waals surface area contributed by atoms with Crippen molar-refractivity contribution in [1.82, 2.24) is 20.6 Å². The molecule has 0 bridgehead atoms. The molecule has 1 rings (SSSR count). The van der Waals surface area contributed by atoms with Gasteiger partial charge in [-0.1, -0.05) is 12.2 Å². The first-order valence-electron chi connectivity index (χ1n) is 10.6. The Morgan fingerprint density at radius 3 is 2.47 bits per heavy atom. The third kappa shape index (κ3) is 9.34. The summed E-state index contributed by atoms with van der Waals surface area (Å²) in [6.07, 6.45) is -0.0758. The van der Waals surface area contributed by atoms with Crippen LogP contribution in [0.4, 0.5) is 0 Å². The summed E-state index contributed by atoms with van der Waals surface area (Å²) in [5, 5.41) is 36.7. The molecule has 0 saturated carbocycles. The Morgan fingerprint density at radius 2 is 2.00 bits per heavy atom. The Bertz CT molecular complexity index is 928. The average Bonchev–Trinajstić information content (AvgIpc) is 2.84. The van der Waals surface area contributed by atoms with E-state index in [0.717, 1.165) is 10.4 Å². The molecule has 15 heteroatoms. The van der Waals surface area contributed by atoms with Crippen molar-refractivity contribution < 1.29 is 29.5 Å². The van der Waals surface area contributed by atoms with Gasteiger partial charge in [-0.3, -0.25) is 25.7 Å². The number of nitrogens with one attached hydrogen (secondary N) is 4. The number of aliphatic hydroxyl groups is 1. The number of hydrogen-bond donors (Lipinski definition) is 8. The van der Waals surface area contributed by atoms with E-state index in [4.69, 9.17) is 38.1 Å². The van der Waals surface area contributed by atoms with Crippen molar-refractivity contribution in [3.63, 3.8) is 0 Å². The van der Waals surface area contributed by atoms with Gasteiger partial charge in [-0.2, -0.15) is 5.06 Å². The molecule has 0 aromatic heterocycles. The number of aldehydes is 1. The Kier molecular flexibility index (Phi) is 13.3. The number of aliphatic hydroxyl groups excluding tert-OH is 1. The van der Waals surface area contributed by atoms with E-state index in [-0.39, 0.29) is 36.9 Å². The van der Waals surface area contributed by atoms with Crippen LogP contribution in [-0.2, 0) is 14.4 Å². The number of hydroxylamine groups is 3. The van der Waals surface area contributed by atoms with E-state index in [2.05, 4.69) is 15.5 Å². The van der Waals surface area contributed by atoms with Crippen LogP contribution in [0.5, 0.6) is 5.75 Å². The summed E-state index contributed by atoms with van der Waals surface area (Å²) < 4.78 is 8.33. The summed E-state index contributed by atoms with van der Waals surface area (Å²) in [7, 11) is 1.35. The highest BCUT2D eigenvalue weighted by atomic mass is 32.2. The van der Waals surface area contributed by atoms with Crippen LogP contribution >= 0.6 is 24.4 Å². The number of nitrogen functional groups attached to an aromatic ring is 1. The molecule has 0 radical (unpaired) electrons. The quantitative estimate of drug-likeness (QED) is 0.0242. The van der Waals surface area contributed by atoms with Crippen LogP contribution in [0.1, 0.15) is 25.8 Å². The molecule has 0 aliphatic carbocycles. The minimum absolute atomic E-state index is 0.00678. The molecule has 0 saturated heterocycles. The zero-order valence-corrected chi connectivity index (χ0v) is 21.8. The van der Waals surface area contributed by atoms with Crippen molar-refractivity contribution in [2.24, 2.45) is 10.9 Å². The molecule has 0 heterocycles. The zero-order valence-electron chi connectivity index (χ0n) is 20.2. The van der Waals surface area contributed by atoms with Crippen LogP contribution in [0.25, 0.3) is 0 Å². The van der Waals surface area contributed by atoms with Crippen molar-refractivity contribution in [2.45, 2.75) is 38.0 Å². The molecule has 13 nitrogen and oxygen atoms in total. The lowest BCUT2D eigenvalue weighted by molar-refractivity contribution is -0.157. The Labute approximate surface area is 219 Å². The molecule has 0 aliphatic heterocycles. The number of benzene rings is 1. The molecule has 1 unspecified atom stereocenters. The summed E-state index contributed by atoms with van der Waals surface area (Å²) >= 11 is 5.65. The number of thiocarbonyl (C=S) groups is 1. The van der Waals surface area contributed by atoms with Crippen molar-refractivity contribution in [3.05, 3.63) is 41.2 Å². The molecule has 0 fully saturated rings. The standard InChI is InChI=1S/C21H33N7O6S2/c1-21(2,28(3)32)17(10-30)25-20(31)18(16(12-35)27-36-24)26-34-15(8-9-29)11-33-14-6-4-13(5-7-14)19(22)23/h4-7,10,12,15,17,26-27,29,32H,8-9,11,24H2,1-3H3,(H3,22,23)(H,25,31)/b18-16-/t15?,17-/m1/s1. The van der Waals surface area contributed by atoms with Crippen LogP contribution in [0.3, 0.4) is 0 Å². The van der Waals surface area contributed by atoms with Crippen LogP contribution in [0.15, 0.2) is 35.7 Å². The number of likely N-dealkylation sites (N-methyl/N-ethyl adjacent to an activating group) is 1. The van der Waals surface area contributed by atoms with Gasteiger partial charge in [-0.25, -0.2) is 0 Å². The maximum Gasteiger partial charge on any atom is 0.272 e. The van der Waals surface area contributed by atoms with Crippen molar-refractivity contribution in [1.29, 1.82) is 5.41 Å². The molecule has 0 spiro atoms. The van der Waals surface area contributed by atoms with Gasteiger partial charge in [-0.05, 0) is 38.1 Å². The number of nitrogens with two attached hydrogens (primary N) is 2. The maximum atomic E-state index is 13.1. The normalized spacial score (nSPS) is 13.8. The number of hydrogen-bond acceptors (Lipinski definition) is 13. The maximum absolute atomic E-state index is 13.1. The van der Waals surface area contributed by atoms with E-state index < -0.39 is 23.6 Å². The topological polar surface area (TPSA) is 208 Å². The lowest BCUT2D eigenvalue weighted by Crippen LogP contribution is -2.58. The second-order valence-corrected chi connectivity index (χ2v) is 8.67. The number of carbonyl (C=O) groups excluding carboxylic acids is 2. The van der Waals surface area contributed by atoms with E-state index in [1.807, 2.05) is 0 Å². The van der Waals surface area contributed by atoms with Crippen molar-refractivity contribution >= 4 is 47.7 Å². The number of amidine groups is 1. The van der Waals surface area contributed by atoms with Gasteiger partial charge < -0.3 is 35.6 Å². The lowest BCUT2D eigenvalue weighted by Gasteiger charge is -2.35. The number of carbonyl (C=O) groups is 2. The molecule has 2 atom stereocenters. The molecular formula is C21H33N7O6S2. The number of allylic oxidation sites excluding steroid dienone is 1. The van der Waals surface area contributed by atoms with Crippen LogP contribution in [0, 0.1) is 5.41 Å². The third-order valence-electron chi connectivity index (χ3n) is 5.18. The second-order valence-electron chi connectivity index (χ2n) is 7.99. The minimum Gasteiger partial charge on any atom is -0.491 e. The highest BCUT2D eigenvalue weighted by molar-refractivity contribution is 7.95. The Morgan fingerprint density at radius 1 is 1.36 bits per heavy atom. The predicted molar refractivity (Wildman–Crippen MR) is 140 cm³/mol. The SMILES string of the molecule is CN(O)C(C)(C)[C@@H](C=O)NC(=O)/C(NOC(CCO)COc1ccc(C(=N)N)cc1)=C(\C=S)NSN. The van der Waals surface area contributed by atoms with E-state index in [1.165, 1.54) is 7.05 Å². The Balaban J connectivity index is 3.02. The molecule has 36 heavy (non-hydrogen) atoms. The first-order valence-corrected chi connectivity index (χ1v) is 12.0. The molecule has 200 valence electrons. The summed E-state index contributed by atoms with van der Waals surface area (Å²) in [6.45, 7) is 2.88. The van der Waals surface area contributed by atoms with Gasteiger partial charge in [0.25, 0.3) is 5.91 Å². The van der Waals surface area contributed by atoms with E-state index in [9.17, 15) is 19.9 Å². The molecule has 1 aromatic rings. The van der Waals surface area contributed by atoms with Gasteiger partial charge in [0, 0.05) is 43.1 Å². The fourth-order valence-corrected chi connectivity index (χ4v) is 3.13. The highest BCUT2D eigenvalue weighted by Crippen LogP contribution is 2.16. The largest absolute Gasteiger partial charge is 0.491 e. The van der Waals surface area contributed by atoms with Crippen LogP contribution in [0.2, 0.25) is 0 Å². The zero-order chi connectivity index (χ0) is 27.3. The van der Waals surface area contributed by atoms with Gasteiger partial charge in [0.2, 0.25) is 0 Å². The van der Waals surface area contributed by atoms with Gasteiger partial charge in [0.05, 0.1) is 11.2 Å². The number of nitrogens with zero attached hydrogens (tertiary/aromatic N) is 1. The molecule has 10 N–H and O–H groups in total. The van der Waals surface area contributed by atoms with Crippen molar-refractivity contribution in [2.75, 3.05) is 20.3 Å². The summed E-state index contributed by atoms with van der Waals surface area (Å²) in [5.74, 6) is -0.373. The number of rotatable bonds is 17. The summed E-state index contributed by atoms with van der Waals surface area (Å²) in [6, 6.07) is 5.40. The van der Waals surface area contributed by atoms with Gasteiger partial charge in [0.1, 0.15) is 36.6 Å². The summed E-state index contributed by atoms with van der Waals surface area (Å²) in [5.41, 5.74) is 7.25. The summed E-state index contributed by atoms with van der Waals surface area (Å²) in [4.78, 5) is 30.3. The van der Waals surface area contributed by atoms with Crippen LogP contribution < -0.4 is 31.1 Å². The first-order chi connectivity index (χ1) is 17.0. The monoisotopic (exact) mass is 543 g/mol. The van der Waals surface area contributed by atoms with Gasteiger partial charge in [-0.15, -0.1) is 0 Å². The van der Waals surface area contributed by atoms with E-state index in [0.29, 0.717) is 29.7 Å². The average molecular weight is 544 g/mol. The molecule has 0 aliphatic rings. The Hall–Kier alpha value is -2.79. The first kappa shape index (κ1) is 31.2. The molecule has 1 amide bonds. The number of ether oxygens (including phenoxy) is 1. The van der Waals surface area contributed by atoms with Crippen molar-refractivity contribution in [3.8, 4) is 5.75 Å². The highest BCUT2D eigenvalue weighted by Gasteiger charge is 2.35. The fourth-order valence-electron chi connectivity index (χ4n) is 2.60. The van der Waals surface area contributed by atoms with E-state index in [1.54, 1.807) is 38.1 Å². The molecular weight excluding hydrogens is 510 g/mol. The lowest BCUT2D eigenvalue weighted by atomic mass is 9.95. The van der Waals surface area contributed by atoms with Gasteiger partial charge >= 0.3 is 0 Å². The predicted octanol–water partition coefficient (Wildman–Crippen LogP) is -0.272. The third-order valence-corrected chi connectivity index (χ3v) is 5.75. The van der Waals surface area contributed by atoms with E-state index >= 15 is 0 Å². The second kappa shape index (κ2) is 15.4. The smallest absolute Gasteiger partial charge is 0.272 e.